The van der Waals surface area contributed by atoms with E-state index in [1.165, 1.54) is 5.56 Å². The van der Waals surface area contributed by atoms with Gasteiger partial charge < -0.3 is 10.1 Å². The fourth-order valence-corrected chi connectivity index (χ4v) is 3.48. The van der Waals surface area contributed by atoms with E-state index in [-0.39, 0.29) is 0 Å². The Labute approximate surface area is 139 Å². The summed E-state index contributed by atoms with van der Waals surface area (Å²) in [5.74, 6) is -0.390. The van der Waals surface area contributed by atoms with Gasteiger partial charge in [0.2, 0.25) is 0 Å². The minimum atomic E-state index is -0.898. The molecule has 0 spiro atoms. The average molecular weight is 321 g/mol. The highest BCUT2D eigenvalue weighted by Gasteiger charge is 2.30. The molecule has 2 N–H and O–H groups in total. The molecule has 0 radical (unpaired) electrons. The molecule has 0 atom stereocenters. The number of hydrogen-bond donors (Lipinski definition) is 2. The van der Waals surface area contributed by atoms with Crippen LogP contribution < -0.4 is 0 Å². The summed E-state index contributed by atoms with van der Waals surface area (Å²) in [5, 5.41) is 10.5. The number of H-pyrrole nitrogens is 1. The van der Waals surface area contributed by atoms with Crippen LogP contribution in [0.5, 0.6) is 0 Å². The monoisotopic (exact) mass is 321 g/mol. The third-order valence-electron chi connectivity index (χ3n) is 4.79. The summed E-state index contributed by atoms with van der Waals surface area (Å²) >= 11 is 0. The second-order valence-electron chi connectivity index (χ2n) is 6.50. The number of aromatic amines is 1. The lowest BCUT2D eigenvalue weighted by Gasteiger charge is -2.39. The molecule has 1 aliphatic rings. The molecule has 0 saturated carbocycles. The van der Waals surface area contributed by atoms with E-state index in [0.717, 1.165) is 35.1 Å². The van der Waals surface area contributed by atoms with Gasteiger partial charge in [-0.1, -0.05) is 11.6 Å². The number of fused-ring (bicyclic) bond motifs is 1. The zero-order chi connectivity index (χ0) is 16.7. The molecule has 1 fully saturated rings. The number of aromatic nitrogens is 2. The van der Waals surface area contributed by atoms with E-state index in [0.29, 0.717) is 18.2 Å². The van der Waals surface area contributed by atoms with Gasteiger partial charge in [0.15, 0.2) is 0 Å². The Morgan fingerprint density at radius 1 is 1.29 bits per heavy atom. The van der Waals surface area contributed by atoms with Crippen molar-refractivity contribution < 1.29 is 9.90 Å². The number of carboxylic acids is 1. The first kappa shape index (κ1) is 14.9. The van der Waals surface area contributed by atoms with Gasteiger partial charge in [0.25, 0.3) is 0 Å². The first-order valence-corrected chi connectivity index (χ1v) is 8.08. The van der Waals surface area contributed by atoms with Crippen LogP contribution in [-0.2, 0) is 6.54 Å². The zero-order valence-corrected chi connectivity index (χ0v) is 13.5. The number of carbonyl (C=O) groups is 1. The van der Waals surface area contributed by atoms with Crippen LogP contribution >= 0.6 is 0 Å². The predicted octanol–water partition coefficient (Wildman–Crippen LogP) is 3.17. The molecule has 24 heavy (non-hydrogen) atoms. The molecule has 5 nitrogen and oxygen atoms in total. The lowest BCUT2D eigenvalue weighted by Crippen LogP contribution is -2.44. The van der Waals surface area contributed by atoms with E-state index in [1.807, 2.05) is 31.5 Å². The molecule has 0 bridgehead atoms. The SMILES string of the molecule is Cc1ccc2[nH]c(C(=O)O)c(CN3CC(c4ccncc4)C3)c2c1. The standard InChI is InChI=1S/C19H19N3O2/c1-12-2-3-17-15(8-12)16(18(21-17)19(23)24)11-22-9-14(10-22)13-4-6-20-7-5-13/h2-8,14,21H,9-11H2,1H3,(H,23,24). The Morgan fingerprint density at radius 3 is 2.75 bits per heavy atom. The molecular weight excluding hydrogens is 302 g/mol. The van der Waals surface area contributed by atoms with Crippen molar-refractivity contribution in [2.75, 3.05) is 13.1 Å². The van der Waals surface area contributed by atoms with Crippen molar-refractivity contribution >= 4 is 16.9 Å². The highest BCUT2D eigenvalue weighted by Crippen LogP contribution is 2.31. The van der Waals surface area contributed by atoms with Gasteiger partial charge in [-0.2, -0.15) is 0 Å². The van der Waals surface area contributed by atoms with Crippen molar-refractivity contribution in [1.29, 1.82) is 0 Å². The smallest absolute Gasteiger partial charge is 0.352 e. The zero-order valence-electron chi connectivity index (χ0n) is 13.5. The highest BCUT2D eigenvalue weighted by molar-refractivity contribution is 5.97. The third-order valence-corrected chi connectivity index (χ3v) is 4.79. The van der Waals surface area contributed by atoms with Crippen molar-refractivity contribution in [1.82, 2.24) is 14.9 Å². The normalized spacial score (nSPS) is 15.5. The van der Waals surface area contributed by atoms with Crippen molar-refractivity contribution in [3.63, 3.8) is 0 Å². The van der Waals surface area contributed by atoms with Crippen molar-refractivity contribution in [2.45, 2.75) is 19.4 Å². The predicted molar refractivity (Wildman–Crippen MR) is 92.3 cm³/mol. The molecule has 122 valence electrons. The van der Waals surface area contributed by atoms with E-state index < -0.39 is 5.97 Å². The number of nitrogens with one attached hydrogen (secondary N) is 1. The van der Waals surface area contributed by atoms with Crippen molar-refractivity contribution in [3.8, 4) is 0 Å². The molecular formula is C19H19N3O2. The van der Waals surface area contributed by atoms with Crippen LogP contribution in [0.4, 0.5) is 0 Å². The van der Waals surface area contributed by atoms with E-state index in [2.05, 4.69) is 33.1 Å². The molecule has 0 unspecified atom stereocenters. The van der Waals surface area contributed by atoms with Gasteiger partial charge in [-0.05, 0) is 36.8 Å². The van der Waals surface area contributed by atoms with Gasteiger partial charge in [0, 0.05) is 54.4 Å². The lowest BCUT2D eigenvalue weighted by atomic mass is 9.91. The summed E-state index contributed by atoms with van der Waals surface area (Å²) in [4.78, 5) is 21.0. The number of aryl methyl sites for hydroxylation is 1. The van der Waals surface area contributed by atoms with Gasteiger partial charge in [0.1, 0.15) is 5.69 Å². The Hall–Kier alpha value is -2.66. The number of hydrogen-bond acceptors (Lipinski definition) is 3. The van der Waals surface area contributed by atoms with Crippen molar-refractivity contribution in [2.24, 2.45) is 0 Å². The Kier molecular flexibility index (Phi) is 3.58. The molecule has 0 aliphatic carbocycles. The van der Waals surface area contributed by atoms with Gasteiger partial charge in [-0.3, -0.25) is 9.88 Å². The summed E-state index contributed by atoms with van der Waals surface area (Å²) in [5.41, 5.74) is 4.52. The van der Waals surface area contributed by atoms with Crippen LogP contribution in [0.3, 0.4) is 0 Å². The number of benzene rings is 1. The van der Waals surface area contributed by atoms with Gasteiger partial charge in [-0.25, -0.2) is 4.79 Å². The quantitative estimate of drug-likeness (QED) is 0.774. The summed E-state index contributed by atoms with van der Waals surface area (Å²) in [6, 6.07) is 10.1. The molecule has 1 aliphatic heterocycles. The Bertz CT molecular complexity index is 896. The second-order valence-corrected chi connectivity index (χ2v) is 6.50. The first-order valence-electron chi connectivity index (χ1n) is 8.08. The van der Waals surface area contributed by atoms with Crippen LogP contribution in [0, 0.1) is 6.92 Å². The van der Waals surface area contributed by atoms with Crippen LogP contribution in [0.15, 0.2) is 42.7 Å². The number of nitrogens with zero attached hydrogens (tertiary/aromatic N) is 2. The van der Waals surface area contributed by atoms with E-state index >= 15 is 0 Å². The van der Waals surface area contributed by atoms with Gasteiger partial charge in [0.05, 0.1) is 0 Å². The van der Waals surface area contributed by atoms with Crippen molar-refractivity contribution in [3.05, 3.63) is 65.1 Å². The average Bonchev–Trinajstić information content (AvgIpc) is 2.89. The molecule has 0 amide bonds. The Balaban J connectivity index is 1.58. The molecule has 5 heteroatoms. The maximum atomic E-state index is 11.6. The maximum absolute atomic E-state index is 11.6. The van der Waals surface area contributed by atoms with E-state index in [1.54, 1.807) is 0 Å². The number of carboxylic acid groups (broad SMARTS) is 1. The minimum absolute atomic E-state index is 0.308. The fourth-order valence-electron chi connectivity index (χ4n) is 3.48. The largest absolute Gasteiger partial charge is 0.477 e. The molecule has 3 heterocycles. The highest BCUT2D eigenvalue weighted by atomic mass is 16.4. The first-order chi connectivity index (χ1) is 11.6. The number of pyridine rings is 1. The summed E-state index contributed by atoms with van der Waals surface area (Å²) < 4.78 is 0. The molecule has 2 aromatic heterocycles. The van der Waals surface area contributed by atoms with E-state index in [9.17, 15) is 9.90 Å². The molecule has 4 rings (SSSR count). The summed E-state index contributed by atoms with van der Waals surface area (Å²) in [6.45, 7) is 4.58. The second kappa shape index (κ2) is 5.76. The molecule has 1 aromatic carbocycles. The fraction of sp³-hybridized carbons (Fsp3) is 0.263. The van der Waals surface area contributed by atoms with Crippen LogP contribution in [0.25, 0.3) is 10.9 Å². The topological polar surface area (TPSA) is 69.2 Å². The number of aromatic carboxylic acids is 1. The third kappa shape index (κ3) is 2.57. The number of rotatable bonds is 4. The number of likely N-dealkylation sites (tertiary alicyclic amines) is 1. The van der Waals surface area contributed by atoms with Crippen LogP contribution in [0.2, 0.25) is 0 Å². The Morgan fingerprint density at radius 2 is 2.04 bits per heavy atom. The maximum Gasteiger partial charge on any atom is 0.352 e. The summed E-state index contributed by atoms with van der Waals surface area (Å²) in [7, 11) is 0. The molecule has 3 aromatic rings. The molecule has 1 saturated heterocycles. The van der Waals surface area contributed by atoms with Gasteiger partial charge in [-0.15, -0.1) is 0 Å². The van der Waals surface area contributed by atoms with Crippen LogP contribution in [-0.4, -0.2) is 39.0 Å². The van der Waals surface area contributed by atoms with Gasteiger partial charge >= 0.3 is 5.97 Å². The summed E-state index contributed by atoms with van der Waals surface area (Å²) in [6.07, 6.45) is 3.64. The lowest BCUT2D eigenvalue weighted by molar-refractivity contribution is 0.0687. The minimum Gasteiger partial charge on any atom is -0.477 e. The van der Waals surface area contributed by atoms with E-state index in [4.69, 9.17) is 0 Å². The van der Waals surface area contributed by atoms with Crippen LogP contribution in [0.1, 0.15) is 33.1 Å².